The van der Waals surface area contributed by atoms with Gasteiger partial charge in [0.2, 0.25) is 5.60 Å². The van der Waals surface area contributed by atoms with Crippen LogP contribution in [0.2, 0.25) is 0 Å². The standard InChI is InChI=1S/C22H20N6O3/c1-14-7-10-28(26-14)18-13-17(19(23)29)24-20(25-18)16-5-3-4-15(12-16)6-8-22(31)9-11-27(2)21(22)30/h3-5,7,10,12-13,31H,9,11H2,1-2H3,(H2,23,29)/t22-/m0/s1. The molecule has 0 unspecified atom stereocenters. The zero-order chi connectivity index (χ0) is 22.2. The molecule has 3 N–H and O–H groups in total. The van der Waals surface area contributed by atoms with Crippen molar-refractivity contribution in [3.8, 4) is 29.0 Å². The lowest BCUT2D eigenvalue weighted by atomic mass is 10.0. The lowest BCUT2D eigenvalue weighted by Gasteiger charge is -2.13. The summed E-state index contributed by atoms with van der Waals surface area (Å²) in [7, 11) is 1.63. The molecule has 0 radical (unpaired) electrons. The molecule has 0 spiro atoms. The Bertz CT molecular complexity index is 1260. The van der Waals surface area contributed by atoms with Crippen LogP contribution in [-0.4, -0.2) is 60.8 Å². The highest BCUT2D eigenvalue weighted by Gasteiger charge is 2.42. The first-order valence-electron chi connectivity index (χ1n) is 9.58. The first-order valence-corrected chi connectivity index (χ1v) is 9.58. The summed E-state index contributed by atoms with van der Waals surface area (Å²) in [5, 5.41) is 14.8. The zero-order valence-electron chi connectivity index (χ0n) is 17.0. The molecule has 1 aromatic carbocycles. The fourth-order valence-corrected chi connectivity index (χ4v) is 3.23. The van der Waals surface area contributed by atoms with Crippen LogP contribution in [-0.2, 0) is 4.79 Å². The Morgan fingerprint density at radius 2 is 2.06 bits per heavy atom. The number of likely N-dealkylation sites (N-methyl/N-ethyl adjacent to an activating group) is 1. The second-order valence-corrected chi connectivity index (χ2v) is 7.37. The minimum absolute atomic E-state index is 0.0542. The van der Waals surface area contributed by atoms with Crippen molar-refractivity contribution in [3.05, 3.63) is 59.5 Å². The van der Waals surface area contributed by atoms with E-state index >= 15 is 0 Å². The molecule has 1 fully saturated rings. The van der Waals surface area contributed by atoms with Gasteiger partial charge in [0.25, 0.3) is 11.8 Å². The topological polar surface area (TPSA) is 127 Å². The third-order valence-corrected chi connectivity index (χ3v) is 4.97. The van der Waals surface area contributed by atoms with Crippen LogP contribution in [0.3, 0.4) is 0 Å². The summed E-state index contributed by atoms with van der Waals surface area (Å²) in [5.41, 5.74) is 5.79. The van der Waals surface area contributed by atoms with Crippen molar-refractivity contribution in [2.45, 2.75) is 18.9 Å². The van der Waals surface area contributed by atoms with E-state index in [1.807, 2.05) is 13.0 Å². The van der Waals surface area contributed by atoms with Gasteiger partial charge in [-0.3, -0.25) is 9.59 Å². The number of hydrogen-bond acceptors (Lipinski definition) is 6. The number of aromatic nitrogens is 4. The predicted octanol–water partition coefficient (Wildman–Crippen LogP) is 0.681. The first-order chi connectivity index (χ1) is 14.7. The van der Waals surface area contributed by atoms with Crippen LogP contribution in [0.15, 0.2) is 42.6 Å². The molecule has 3 aromatic rings. The minimum Gasteiger partial charge on any atom is -0.369 e. The number of hydrogen-bond donors (Lipinski definition) is 2. The van der Waals surface area contributed by atoms with Crippen LogP contribution in [0.5, 0.6) is 0 Å². The molecule has 2 amide bonds. The normalized spacial score (nSPS) is 18.0. The molecule has 0 saturated carbocycles. The van der Waals surface area contributed by atoms with Crippen LogP contribution in [0.4, 0.5) is 0 Å². The van der Waals surface area contributed by atoms with Crippen molar-refractivity contribution in [3.63, 3.8) is 0 Å². The number of rotatable bonds is 3. The van der Waals surface area contributed by atoms with Gasteiger partial charge in [-0.1, -0.05) is 24.0 Å². The van der Waals surface area contributed by atoms with E-state index in [2.05, 4.69) is 26.9 Å². The van der Waals surface area contributed by atoms with E-state index in [0.717, 1.165) is 5.69 Å². The lowest BCUT2D eigenvalue weighted by molar-refractivity contribution is -0.137. The van der Waals surface area contributed by atoms with Crippen LogP contribution in [0.25, 0.3) is 17.2 Å². The molecule has 3 heterocycles. The molecule has 1 saturated heterocycles. The SMILES string of the molecule is Cc1ccn(-c2cc(C(N)=O)nc(-c3cccc(C#C[C@]4(O)CCN(C)C4=O)c3)n2)n1. The zero-order valence-corrected chi connectivity index (χ0v) is 17.0. The smallest absolute Gasteiger partial charge is 0.267 e. The third-order valence-electron chi connectivity index (χ3n) is 4.97. The van der Waals surface area contributed by atoms with Crippen molar-refractivity contribution in [2.75, 3.05) is 13.6 Å². The quantitative estimate of drug-likeness (QED) is 0.605. The highest BCUT2D eigenvalue weighted by Crippen LogP contribution is 2.22. The van der Waals surface area contributed by atoms with E-state index in [-0.39, 0.29) is 17.9 Å². The fraction of sp³-hybridized carbons (Fsp3) is 0.227. The molecule has 2 aromatic heterocycles. The number of likely N-dealkylation sites (tertiary alicyclic amines) is 1. The van der Waals surface area contributed by atoms with Crippen molar-refractivity contribution in [1.29, 1.82) is 0 Å². The Kier molecular flexibility index (Phi) is 5.01. The van der Waals surface area contributed by atoms with Gasteiger partial charge in [-0.15, -0.1) is 0 Å². The summed E-state index contributed by atoms with van der Waals surface area (Å²) in [4.78, 5) is 34.1. The number of aliphatic hydroxyl groups is 1. The fourth-order valence-electron chi connectivity index (χ4n) is 3.23. The monoisotopic (exact) mass is 416 g/mol. The number of carbonyl (C=O) groups excluding carboxylic acids is 2. The summed E-state index contributed by atoms with van der Waals surface area (Å²) >= 11 is 0. The molecule has 0 bridgehead atoms. The summed E-state index contributed by atoms with van der Waals surface area (Å²) in [6.45, 7) is 2.30. The summed E-state index contributed by atoms with van der Waals surface area (Å²) in [5.74, 6) is 5.13. The number of carbonyl (C=O) groups is 2. The van der Waals surface area contributed by atoms with Crippen molar-refractivity contribution in [2.24, 2.45) is 5.73 Å². The van der Waals surface area contributed by atoms with Crippen LogP contribution in [0.1, 0.15) is 28.2 Å². The van der Waals surface area contributed by atoms with Crippen LogP contribution in [0, 0.1) is 18.8 Å². The lowest BCUT2D eigenvalue weighted by Crippen LogP contribution is -2.37. The Labute approximate surface area is 178 Å². The van der Waals surface area contributed by atoms with Gasteiger partial charge in [0.15, 0.2) is 11.6 Å². The Morgan fingerprint density at radius 3 is 2.71 bits per heavy atom. The number of nitrogens with zero attached hydrogens (tertiary/aromatic N) is 5. The average molecular weight is 416 g/mol. The molecule has 0 aliphatic carbocycles. The van der Waals surface area contributed by atoms with Crippen molar-refractivity contribution >= 4 is 11.8 Å². The highest BCUT2D eigenvalue weighted by atomic mass is 16.3. The van der Waals surface area contributed by atoms with E-state index in [0.29, 0.717) is 23.5 Å². The van der Waals surface area contributed by atoms with Crippen LogP contribution >= 0.6 is 0 Å². The molecule has 9 nitrogen and oxygen atoms in total. The molecule has 31 heavy (non-hydrogen) atoms. The van der Waals surface area contributed by atoms with Gasteiger partial charge < -0.3 is 15.7 Å². The number of benzene rings is 1. The molecule has 1 aliphatic rings. The van der Waals surface area contributed by atoms with Crippen molar-refractivity contribution in [1.82, 2.24) is 24.6 Å². The molecule has 156 valence electrons. The molecular formula is C22H20N6O3. The second-order valence-electron chi connectivity index (χ2n) is 7.37. The van der Waals surface area contributed by atoms with Gasteiger partial charge in [-0.2, -0.15) is 5.10 Å². The van der Waals surface area contributed by atoms with Gasteiger partial charge in [0.1, 0.15) is 5.69 Å². The Hall–Kier alpha value is -4.03. The van der Waals surface area contributed by atoms with Gasteiger partial charge in [0.05, 0.1) is 5.69 Å². The van der Waals surface area contributed by atoms with E-state index in [1.165, 1.54) is 15.6 Å². The maximum Gasteiger partial charge on any atom is 0.267 e. The summed E-state index contributed by atoms with van der Waals surface area (Å²) in [6.07, 6.45) is 1.98. The highest BCUT2D eigenvalue weighted by molar-refractivity contribution is 5.92. The molecule has 9 heteroatoms. The number of aryl methyl sites for hydroxylation is 1. The largest absolute Gasteiger partial charge is 0.369 e. The maximum absolute atomic E-state index is 12.1. The predicted molar refractivity (Wildman–Crippen MR) is 112 cm³/mol. The Morgan fingerprint density at radius 1 is 1.26 bits per heavy atom. The van der Waals surface area contributed by atoms with Gasteiger partial charge in [0, 0.05) is 43.4 Å². The minimum atomic E-state index is -1.68. The van der Waals surface area contributed by atoms with Crippen molar-refractivity contribution < 1.29 is 14.7 Å². The molecular weight excluding hydrogens is 396 g/mol. The third kappa shape index (κ3) is 4.01. The van der Waals surface area contributed by atoms with E-state index in [1.54, 1.807) is 37.5 Å². The number of amides is 2. The number of nitrogens with two attached hydrogens (primary N) is 1. The van der Waals surface area contributed by atoms with Gasteiger partial charge in [-0.05, 0) is 25.1 Å². The van der Waals surface area contributed by atoms with Crippen LogP contribution < -0.4 is 5.73 Å². The number of primary amides is 1. The molecule has 4 rings (SSSR count). The van der Waals surface area contributed by atoms with Gasteiger partial charge >= 0.3 is 0 Å². The maximum atomic E-state index is 12.1. The molecule has 1 aliphatic heterocycles. The Balaban J connectivity index is 1.73. The van der Waals surface area contributed by atoms with Gasteiger partial charge in [-0.25, -0.2) is 14.6 Å². The van der Waals surface area contributed by atoms with E-state index in [9.17, 15) is 14.7 Å². The van der Waals surface area contributed by atoms with E-state index in [4.69, 9.17) is 5.73 Å². The summed E-state index contributed by atoms with van der Waals surface area (Å²) < 4.78 is 1.54. The average Bonchev–Trinajstić information content (AvgIpc) is 3.31. The second kappa shape index (κ2) is 7.66. The van der Waals surface area contributed by atoms with E-state index < -0.39 is 17.4 Å². The first kappa shape index (κ1) is 20.3. The summed E-state index contributed by atoms with van der Waals surface area (Å²) in [6, 6.07) is 10.3. The molecule has 1 atom stereocenters.